The lowest BCUT2D eigenvalue weighted by Crippen LogP contribution is -2.15. The fraction of sp³-hybridized carbons (Fsp3) is 0.250. The molecule has 20 heavy (non-hydrogen) atoms. The highest BCUT2D eigenvalue weighted by atomic mass is 35.5. The number of amidine groups is 1. The Morgan fingerprint density at radius 1 is 1.50 bits per heavy atom. The van der Waals surface area contributed by atoms with E-state index in [0.717, 1.165) is 17.7 Å². The number of methoxy groups -OCH3 is 1. The van der Waals surface area contributed by atoms with Crippen molar-refractivity contribution >= 4 is 23.1 Å². The van der Waals surface area contributed by atoms with Crippen molar-refractivity contribution in [3.63, 3.8) is 0 Å². The minimum atomic E-state index is 0.0751. The molecular weight excluding hydrogens is 284 g/mol. The first-order valence-electron chi connectivity index (χ1n) is 5.79. The third kappa shape index (κ3) is 3.18. The first-order chi connectivity index (χ1) is 9.78. The number of anilines is 1. The van der Waals surface area contributed by atoms with Crippen molar-refractivity contribution in [2.75, 3.05) is 18.3 Å². The van der Waals surface area contributed by atoms with Gasteiger partial charge in [-0.15, -0.1) is 11.6 Å². The SMILES string of the molecule is COc1nonc1/C(=N\O)Nc1cccc(CCCl)c1. The molecule has 0 saturated carbocycles. The Morgan fingerprint density at radius 2 is 2.35 bits per heavy atom. The molecule has 0 fully saturated rings. The molecule has 0 radical (unpaired) electrons. The van der Waals surface area contributed by atoms with Crippen LogP contribution in [-0.2, 0) is 6.42 Å². The largest absolute Gasteiger partial charge is 0.477 e. The highest BCUT2D eigenvalue weighted by Gasteiger charge is 2.18. The molecule has 1 heterocycles. The van der Waals surface area contributed by atoms with Crippen LogP contribution in [0.3, 0.4) is 0 Å². The summed E-state index contributed by atoms with van der Waals surface area (Å²) < 4.78 is 9.50. The van der Waals surface area contributed by atoms with Gasteiger partial charge in [0, 0.05) is 11.6 Å². The fourth-order valence-corrected chi connectivity index (χ4v) is 1.86. The second kappa shape index (κ2) is 6.76. The van der Waals surface area contributed by atoms with Crippen molar-refractivity contribution in [1.82, 2.24) is 10.3 Å². The summed E-state index contributed by atoms with van der Waals surface area (Å²) in [5, 5.41) is 22.3. The zero-order valence-corrected chi connectivity index (χ0v) is 11.5. The summed E-state index contributed by atoms with van der Waals surface area (Å²) in [6.45, 7) is 0. The van der Waals surface area contributed by atoms with Gasteiger partial charge in [-0.25, -0.2) is 4.63 Å². The Labute approximate surface area is 120 Å². The molecule has 0 atom stereocenters. The highest BCUT2D eigenvalue weighted by Crippen LogP contribution is 2.17. The molecule has 2 aromatic rings. The Hall–Kier alpha value is -2.28. The lowest BCUT2D eigenvalue weighted by molar-refractivity contribution is 0.281. The van der Waals surface area contributed by atoms with Gasteiger partial charge in [-0.1, -0.05) is 17.3 Å². The van der Waals surface area contributed by atoms with Crippen LogP contribution in [0.4, 0.5) is 5.69 Å². The van der Waals surface area contributed by atoms with Crippen molar-refractivity contribution < 1.29 is 14.6 Å². The van der Waals surface area contributed by atoms with Crippen LogP contribution < -0.4 is 10.1 Å². The first-order valence-corrected chi connectivity index (χ1v) is 6.33. The van der Waals surface area contributed by atoms with E-state index in [9.17, 15) is 0 Å². The molecule has 106 valence electrons. The predicted molar refractivity (Wildman–Crippen MR) is 73.7 cm³/mol. The molecule has 2 rings (SSSR count). The number of nitrogens with zero attached hydrogens (tertiary/aromatic N) is 3. The number of rotatable bonds is 5. The van der Waals surface area contributed by atoms with Gasteiger partial charge in [-0.2, -0.15) is 0 Å². The average molecular weight is 297 g/mol. The van der Waals surface area contributed by atoms with Crippen LogP contribution in [-0.4, -0.2) is 34.3 Å². The molecule has 0 bridgehead atoms. The van der Waals surface area contributed by atoms with Crippen LogP contribution in [0.25, 0.3) is 0 Å². The topological polar surface area (TPSA) is 92.8 Å². The third-order valence-corrected chi connectivity index (χ3v) is 2.74. The average Bonchev–Trinajstić information content (AvgIpc) is 2.94. The number of alkyl halides is 1. The van der Waals surface area contributed by atoms with Gasteiger partial charge in [0.05, 0.1) is 7.11 Å². The van der Waals surface area contributed by atoms with E-state index in [0.29, 0.717) is 5.88 Å². The van der Waals surface area contributed by atoms with Gasteiger partial charge in [0.2, 0.25) is 11.5 Å². The van der Waals surface area contributed by atoms with Gasteiger partial charge in [0.15, 0.2) is 0 Å². The number of nitrogens with one attached hydrogen (secondary N) is 1. The van der Waals surface area contributed by atoms with Crippen molar-refractivity contribution in [2.45, 2.75) is 6.42 Å². The Bertz CT molecular complexity index is 600. The van der Waals surface area contributed by atoms with Crippen molar-refractivity contribution in [2.24, 2.45) is 5.16 Å². The zero-order chi connectivity index (χ0) is 14.4. The number of halogens is 1. The summed E-state index contributed by atoms with van der Waals surface area (Å²) in [5.41, 5.74) is 1.97. The molecule has 0 spiro atoms. The number of hydrogen-bond acceptors (Lipinski definition) is 6. The minimum absolute atomic E-state index is 0.0751. The summed E-state index contributed by atoms with van der Waals surface area (Å²) in [7, 11) is 1.42. The van der Waals surface area contributed by atoms with Crippen LogP contribution in [0.5, 0.6) is 5.88 Å². The van der Waals surface area contributed by atoms with Crippen LogP contribution >= 0.6 is 11.6 Å². The van der Waals surface area contributed by atoms with Crippen LogP contribution in [0.15, 0.2) is 34.1 Å². The van der Waals surface area contributed by atoms with Gasteiger partial charge in [-0.3, -0.25) is 0 Å². The third-order valence-electron chi connectivity index (χ3n) is 2.55. The number of aryl methyl sites for hydroxylation is 1. The zero-order valence-electron chi connectivity index (χ0n) is 10.7. The molecule has 0 aliphatic heterocycles. The quantitative estimate of drug-likeness (QED) is 0.289. The Kier molecular flexibility index (Phi) is 4.78. The molecule has 1 aromatic heterocycles. The van der Waals surface area contributed by atoms with E-state index in [-0.39, 0.29) is 17.4 Å². The predicted octanol–water partition coefficient (Wildman–Crippen LogP) is 2.11. The molecular formula is C12H13ClN4O3. The van der Waals surface area contributed by atoms with E-state index in [1.807, 2.05) is 24.3 Å². The molecule has 2 N–H and O–H groups in total. The Balaban J connectivity index is 2.21. The molecule has 7 nitrogen and oxygen atoms in total. The van der Waals surface area contributed by atoms with E-state index in [4.69, 9.17) is 21.5 Å². The number of oxime groups is 1. The minimum Gasteiger partial charge on any atom is -0.477 e. The van der Waals surface area contributed by atoms with Crippen molar-refractivity contribution in [1.29, 1.82) is 0 Å². The second-order valence-electron chi connectivity index (χ2n) is 3.84. The Morgan fingerprint density at radius 3 is 3.05 bits per heavy atom. The van der Waals surface area contributed by atoms with Crippen molar-refractivity contribution in [3.8, 4) is 5.88 Å². The van der Waals surface area contributed by atoms with Crippen LogP contribution in [0.1, 0.15) is 11.3 Å². The maximum atomic E-state index is 9.09. The summed E-state index contributed by atoms with van der Waals surface area (Å²) in [6, 6.07) is 7.55. The highest BCUT2D eigenvalue weighted by molar-refractivity contribution is 6.18. The lowest BCUT2D eigenvalue weighted by atomic mass is 10.1. The molecule has 0 unspecified atom stereocenters. The molecule has 0 aliphatic rings. The second-order valence-corrected chi connectivity index (χ2v) is 4.21. The van der Waals surface area contributed by atoms with Gasteiger partial charge in [0.1, 0.15) is 0 Å². The van der Waals surface area contributed by atoms with Gasteiger partial charge >= 0.3 is 0 Å². The molecule has 8 heteroatoms. The maximum Gasteiger partial charge on any atom is 0.287 e. The van der Waals surface area contributed by atoms with Crippen LogP contribution in [0.2, 0.25) is 0 Å². The normalized spacial score (nSPS) is 11.4. The van der Waals surface area contributed by atoms with Gasteiger partial charge in [0.25, 0.3) is 5.88 Å². The number of benzene rings is 1. The monoisotopic (exact) mass is 296 g/mol. The lowest BCUT2D eigenvalue weighted by Gasteiger charge is -2.07. The van der Waals surface area contributed by atoms with E-state index >= 15 is 0 Å². The van der Waals surface area contributed by atoms with E-state index < -0.39 is 0 Å². The number of hydrogen-bond donors (Lipinski definition) is 2. The standard InChI is InChI=1S/C12H13ClN4O3/c1-19-12-10(16-20-17-12)11(15-18)14-9-4-2-3-8(7-9)5-6-13/h2-4,7,18H,5-6H2,1H3,(H,14,15). The number of aromatic nitrogens is 2. The van der Waals surface area contributed by atoms with Crippen LogP contribution in [0, 0.1) is 0 Å². The summed E-state index contributed by atoms with van der Waals surface area (Å²) >= 11 is 5.71. The molecule has 0 saturated heterocycles. The molecule has 0 amide bonds. The van der Waals surface area contributed by atoms with Gasteiger partial charge in [-0.05, 0) is 34.4 Å². The van der Waals surface area contributed by atoms with Crippen molar-refractivity contribution in [3.05, 3.63) is 35.5 Å². The molecule has 0 aliphatic carbocycles. The maximum absolute atomic E-state index is 9.09. The number of ether oxygens (including phenoxy) is 1. The summed E-state index contributed by atoms with van der Waals surface area (Å²) in [4.78, 5) is 0. The van der Waals surface area contributed by atoms with E-state index in [2.05, 4.69) is 25.4 Å². The summed E-state index contributed by atoms with van der Waals surface area (Å²) in [5.74, 6) is 0.735. The first kappa shape index (κ1) is 14.1. The summed E-state index contributed by atoms with van der Waals surface area (Å²) in [6.07, 6.45) is 0.748. The van der Waals surface area contributed by atoms with E-state index in [1.54, 1.807) is 0 Å². The molecule has 1 aromatic carbocycles. The smallest absolute Gasteiger partial charge is 0.287 e. The fourth-order valence-electron chi connectivity index (χ4n) is 1.64. The van der Waals surface area contributed by atoms with Gasteiger partial charge < -0.3 is 15.3 Å². The van der Waals surface area contributed by atoms with E-state index in [1.165, 1.54) is 7.11 Å².